The van der Waals surface area contributed by atoms with Crippen LogP contribution in [0.1, 0.15) is 17.3 Å². The number of hydrogen-bond acceptors (Lipinski definition) is 4. The number of carbonyl (C=O) groups excluding carboxylic acids is 1. The molecule has 0 spiro atoms. The minimum Gasteiger partial charge on any atom is -0.294 e. The van der Waals surface area contributed by atoms with Crippen LogP contribution in [0.25, 0.3) is 66.8 Å². The molecule has 4 heteroatoms. The maximum atomic E-state index is 12.2. The number of benzene rings is 5. The van der Waals surface area contributed by atoms with Crippen LogP contribution in [0.5, 0.6) is 0 Å². The van der Waals surface area contributed by atoms with Crippen molar-refractivity contribution in [3.05, 3.63) is 139 Å². The van der Waals surface area contributed by atoms with Crippen molar-refractivity contribution < 1.29 is 4.79 Å². The van der Waals surface area contributed by atoms with Crippen LogP contribution in [0, 0.1) is 0 Å². The summed E-state index contributed by atoms with van der Waals surface area (Å²) in [5.74, 6) is 0.653. The predicted molar refractivity (Wildman–Crippen MR) is 167 cm³/mol. The topological polar surface area (TPSA) is 55.7 Å². The summed E-state index contributed by atoms with van der Waals surface area (Å²) in [4.78, 5) is 27.0. The van der Waals surface area contributed by atoms with Gasteiger partial charge >= 0.3 is 0 Å². The summed E-state index contributed by atoms with van der Waals surface area (Å²) in [6.07, 6.45) is 0. The fraction of sp³-hybridized carbons (Fsp3) is 0.0270. The van der Waals surface area contributed by atoms with E-state index in [1.807, 2.05) is 78.9 Å². The number of rotatable bonds is 5. The zero-order valence-corrected chi connectivity index (χ0v) is 22.5. The SMILES string of the molecule is CC(=O)c1ccc(-c2ccc(-c3cc(-c4ccccc4)nc(-c4ccc5ccccc5n4)n3)cc2)c2ccccc12. The van der Waals surface area contributed by atoms with Crippen molar-refractivity contribution in [3.63, 3.8) is 0 Å². The van der Waals surface area contributed by atoms with Crippen LogP contribution in [0.3, 0.4) is 0 Å². The molecule has 7 aromatic rings. The lowest BCUT2D eigenvalue weighted by Crippen LogP contribution is -1.97. The third-order valence-electron chi connectivity index (χ3n) is 7.42. The van der Waals surface area contributed by atoms with E-state index in [-0.39, 0.29) is 5.78 Å². The Morgan fingerprint density at radius 2 is 1.15 bits per heavy atom. The third kappa shape index (κ3) is 4.66. The van der Waals surface area contributed by atoms with Gasteiger partial charge in [0.05, 0.1) is 16.9 Å². The quantitative estimate of drug-likeness (QED) is 0.210. The van der Waals surface area contributed by atoms with Crippen LogP contribution in [0.15, 0.2) is 133 Å². The van der Waals surface area contributed by atoms with Crippen LogP contribution in [-0.2, 0) is 0 Å². The van der Waals surface area contributed by atoms with Crippen molar-refractivity contribution in [2.75, 3.05) is 0 Å². The van der Waals surface area contributed by atoms with Crippen molar-refractivity contribution in [2.45, 2.75) is 6.92 Å². The number of pyridine rings is 1. The van der Waals surface area contributed by atoms with Crippen molar-refractivity contribution in [2.24, 2.45) is 0 Å². The summed E-state index contributed by atoms with van der Waals surface area (Å²) >= 11 is 0. The van der Waals surface area contributed by atoms with Gasteiger partial charge in [-0.3, -0.25) is 4.79 Å². The van der Waals surface area contributed by atoms with E-state index in [2.05, 4.69) is 54.6 Å². The van der Waals surface area contributed by atoms with Crippen LogP contribution in [-0.4, -0.2) is 20.7 Å². The van der Waals surface area contributed by atoms with Crippen molar-refractivity contribution in [1.82, 2.24) is 15.0 Å². The summed E-state index contributed by atoms with van der Waals surface area (Å²) in [5, 5.41) is 3.11. The molecule has 0 atom stereocenters. The van der Waals surface area contributed by atoms with Gasteiger partial charge < -0.3 is 0 Å². The van der Waals surface area contributed by atoms with Gasteiger partial charge in [-0.1, -0.05) is 115 Å². The average molecular weight is 528 g/mol. The van der Waals surface area contributed by atoms with E-state index in [1.165, 1.54) is 0 Å². The first-order valence-corrected chi connectivity index (χ1v) is 13.6. The zero-order valence-electron chi connectivity index (χ0n) is 22.5. The molecule has 5 aromatic carbocycles. The first-order valence-electron chi connectivity index (χ1n) is 13.6. The van der Waals surface area contributed by atoms with Gasteiger partial charge in [-0.2, -0.15) is 0 Å². The van der Waals surface area contributed by atoms with E-state index in [0.717, 1.165) is 66.6 Å². The lowest BCUT2D eigenvalue weighted by atomic mass is 9.93. The van der Waals surface area contributed by atoms with E-state index in [9.17, 15) is 4.79 Å². The van der Waals surface area contributed by atoms with Gasteiger partial charge in [0.1, 0.15) is 5.69 Å². The number of nitrogens with zero attached hydrogens (tertiary/aromatic N) is 3. The van der Waals surface area contributed by atoms with Crippen molar-refractivity contribution in [3.8, 4) is 45.2 Å². The summed E-state index contributed by atoms with van der Waals surface area (Å²) in [7, 11) is 0. The summed E-state index contributed by atoms with van der Waals surface area (Å²) in [6, 6.07) is 44.7. The number of carbonyl (C=O) groups is 1. The standard InChI is InChI=1S/C37H25N3O/c1-24(41)29-20-21-30(32-13-7-6-12-31(29)32)25-15-17-28(18-16-25)36-23-35(26-9-3-2-4-10-26)39-37(40-36)34-22-19-27-11-5-8-14-33(27)38-34/h2-23H,1H3. The monoisotopic (exact) mass is 527 g/mol. The van der Waals surface area contributed by atoms with Crippen LogP contribution in [0.4, 0.5) is 0 Å². The molecule has 0 N–H and O–H groups in total. The molecular weight excluding hydrogens is 502 g/mol. The van der Waals surface area contributed by atoms with Crippen LogP contribution < -0.4 is 0 Å². The normalized spacial score (nSPS) is 11.1. The Kier molecular flexibility index (Phi) is 6.14. The Morgan fingerprint density at radius 1 is 0.512 bits per heavy atom. The van der Waals surface area contributed by atoms with E-state index < -0.39 is 0 Å². The molecule has 7 rings (SSSR count). The van der Waals surface area contributed by atoms with Gasteiger partial charge in [-0.05, 0) is 47.0 Å². The highest BCUT2D eigenvalue weighted by atomic mass is 16.1. The summed E-state index contributed by atoms with van der Waals surface area (Å²) in [5.41, 5.74) is 8.23. The highest BCUT2D eigenvalue weighted by Gasteiger charge is 2.14. The van der Waals surface area contributed by atoms with Gasteiger partial charge in [0.25, 0.3) is 0 Å². The van der Waals surface area contributed by atoms with Crippen molar-refractivity contribution >= 4 is 27.5 Å². The van der Waals surface area contributed by atoms with Gasteiger partial charge in [-0.15, -0.1) is 0 Å². The molecule has 41 heavy (non-hydrogen) atoms. The van der Waals surface area contributed by atoms with E-state index in [1.54, 1.807) is 6.92 Å². The first-order chi connectivity index (χ1) is 20.1. The van der Waals surface area contributed by atoms with E-state index in [4.69, 9.17) is 15.0 Å². The number of para-hydroxylation sites is 1. The molecule has 0 saturated heterocycles. The van der Waals surface area contributed by atoms with Gasteiger partial charge in [0.15, 0.2) is 11.6 Å². The second kappa shape index (κ2) is 10.2. The number of hydrogen-bond donors (Lipinski definition) is 0. The number of ketones is 1. The largest absolute Gasteiger partial charge is 0.294 e. The Labute approximate surface area is 238 Å². The minimum atomic E-state index is 0.0674. The molecule has 0 aliphatic rings. The molecule has 0 fully saturated rings. The van der Waals surface area contributed by atoms with Gasteiger partial charge in [0, 0.05) is 22.1 Å². The molecular formula is C37H25N3O. The molecule has 0 unspecified atom stereocenters. The molecule has 4 nitrogen and oxygen atoms in total. The lowest BCUT2D eigenvalue weighted by Gasteiger charge is -2.12. The molecule has 0 saturated carbocycles. The van der Waals surface area contributed by atoms with Gasteiger partial charge in [0.2, 0.25) is 0 Å². The fourth-order valence-electron chi connectivity index (χ4n) is 5.34. The highest BCUT2D eigenvalue weighted by Crippen LogP contribution is 2.33. The molecule has 2 aromatic heterocycles. The number of Topliss-reactive ketones (excluding diaryl/α,β-unsaturated/α-hetero) is 1. The highest BCUT2D eigenvalue weighted by molar-refractivity contribution is 6.11. The second-order valence-electron chi connectivity index (χ2n) is 10.1. The summed E-state index contributed by atoms with van der Waals surface area (Å²) < 4.78 is 0. The Balaban J connectivity index is 1.33. The molecule has 0 bridgehead atoms. The van der Waals surface area contributed by atoms with Crippen LogP contribution >= 0.6 is 0 Å². The molecule has 0 radical (unpaired) electrons. The average Bonchev–Trinajstić information content (AvgIpc) is 3.04. The third-order valence-corrected chi connectivity index (χ3v) is 7.42. The smallest absolute Gasteiger partial charge is 0.179 e. The first kappa shape index (κ1) is 24.6. The van der Waals surface area contributed by atoms with Crippen LogP contribution in [0.2, 0.25) is 0 Å². The second-order valence-corrected chi connectivity index (χ2v) is 10.1. The molecule has 0 aliphatic heterocycles. The molecule has 2 heterocycles. The fourth-order valence-corrected chi connectivity index (χ4v) is 5.34. The molecule has 0 aliphatic carbocycles. The maximum absolute atomic E-state index is 12.2. The van der Waals surface area contributed by atoms with E-state index >= 15 is 0 Å². The minimum absolute atomic E-state index is 0.0674. The molecule has 0 amide bonds. The molecule has 194 valence electrons. The lowest BCUT2D eigenvalue weighted by molar-refractivity contribution is 0.101. The van der Waals surface area contributed by atoms with Crippen molar-refractivity contribution in [1.29, 1.82) is 0 Å². The predicted octanol–water partition coefficient (Wildman–Crippen LogP) is 9.05. The Hall–Kier alpha value is -5.48. The maximum Gasteiger partial charge on any atom is 0.179 e. The number of fused-ring (bicyclic) bond motifs is 2. The Bertz CT molecular complexity index is 2070. The van der Waals surface area contributed by atoms with Gasteiger partial charge in [-0.25, -0.2) is 15.0 Å². The summed E-state index contributed by atoms with van der Waals surface area (Å²) in [6.45, 7) is 1.61. The Morgan fingerprint density at radius 3 is 1.90 bits per heavy atom. The number of aromatic nitrogens is 3. The zero-order chi connectivity index (χ0) is 27.8. The van der Waals surface area contributed by atoms with E-state index in [0.29, 0.717) is 5.82 Å².